The van der Waals surface area contributed by atoms with Crippen LogP contribution in [0.4, 0.5) is 4.79 Å². The van der Waals surface area contributed by atoms with E-state index in [-0.39, 0.29) is 18.8 Å². The molecule has 0 aromatic rings. The molecule has 0 aliphatic carbocycles. The summed E-state index contributed by atoms with van der Waals surface area (Å²) in [5, 5.41) is 11.4. The maximum absolute atomic E-state index is 10.7. The average Bonchev–Trinajstić information content (AvgIpc) is 2.30. The largest absolute Gasteiger partial charge is 0.442 e. The maximum Gasteiger partial charge on any atom is 0.407 e. The van der Waals surface area contributed by atoms with Crippen molar-refractivity contribution in [3.05, 3.63) is 0 Å². The molecule has 1 aliphatic heterocycles. The van der Waals surface area contributed by atoms with Gasteiger partial charge in [0.15, 0.2) is 0 Å². The molecule has 64 valence electrons. The van der Waals surface area contributed by atoms with Gasteiger partial charge in [-0.1, -0.05) is 13.8 Å². The van der Waals surface area contributed by atoms with Crippen LogP contribution in [-0.4, -0.2) is 30.0 Å². The quantitative estimate of drug-likeness (QED) is 0.601. The second-order valence-corrected chi connectivity index (χ2v) is 3.04. The zero-order valence-electron chi connectivity index (χ0n) is 6.70. The number of carbonyl (C=O) groups excluding carboxylic acids is 1. The number of aliphatic hydroxyl groups is 1. The molecular formula is C7H13NO3. The van der Waals surface area contributed by atoms with Crippen LogP contribution in [0.1, 0.15) is 13.8 Å². The molecule has 2 atom stereocenters. The van der Waals surface area contributed by atoms with Crippen molar-refractivity contribution in [2.45, 2.75) is 26.0 Å². The zero-order valence-corrected chi connectivity index (χ0v) is 6.70. The number of aliphatic hydroxyl groups excluding tert-OH is 1. The first-order valence-electron chi connectivity index (χ1n) is 3.73. The van der Waals surface area contributed by atoms with Gasteiger partial charge in [0.1, 0.15) is 6.10 Å². The molecular weight excluding hydrogens is 146 g/mol. The number of rotatable bonds is 2. The lowest BCUT2D eigenvalue weighted by molar-refractivity contribution is 0.0757. The predicted molar refractivity (Wildman–Crippen MR) is 39.1 cm³/mol. The Bertz CT molecular complexity index is 158. The molecule has 4 heteroatoms. The van der Waals surface area contributed by atoms with Gasteiger partial charge < -0.3 is 15.2 Å². The molecule has 0 aromatic carbocycles. The number of ether oxygens (including phenoxy) is 1. The van der Waals surface area contributed by atoms with Crippen LogP contribution in [0.2, 0.25) is 0 Å². The van der Waals surface area contributed by atoms with Gasteiger partial charge in [0.05, 0.1) is 12.6 Å². The number of cyclic esters (lactones) is 1. The van der Waals surface area contributed by atoms with E-state index in [9.17, 15) is 4.79 Å². The van der Waals surface area contributed by atoms with Gasteiger partial charge in [0, 0.05) is 0 Å². The highest BCUT2D eigenvalue weighted by Crippen LogP contribution is 2.15. The Hall–Kier alpha value is -0.770. The summed E-state index contributed by atoms with van der Waals surface area (Å²) in [6.45, 7) is 3.84. The first-order chi connectivity index (χ1) is 5.15. The number of nitrogens with one attached hydrogen (secondary N) is 1. The first-order valence-corrected chi connectivity index (χ1v) is 3.73. The molecule has 0 aromatic heterocycles. The Morgan fingerprint density at radius 3 is 2.73 bits per heavy atom. The van der Waals surface area contributed by atoms with Gasteiger partial charge in [-0.3, -0.25) is 0 Å². The molecule has 1 amide bonds. The third kappa shape index (κ3) is 1.63. The number of hydrogen-bond acceptors (Lipinski definition) is 3. The van der Waals surface area contributed by atoms with Gasteiger partial charge >= 0.3 is 6.09 Å². The molecule has 0 unspecified atom stereocenters. The number of hydrogen-bond donors (Lipinski definition) is 2. The van der Waals surface area contributed by atoms with Gasteiger partial charge in [-0.05, 0) is 5.92 Å². The van der Waals surface area contributed by atoms with E-state index < -0.39 is 6.09 Å². The topological polar surface area (TPSA) is 58.6 Å². The summed E-state index contributed by atoms with van der Waals surface area (Å²) < 4.78 is 4.78. The van der Waals surface area contributed by atoms with Crippen molar-refractivity contribution in [2.24, 2.45) is 5.92 Å². The molecule has 1 aliphatic rings. The molecule has 1 heterocycles. The second-order valence-electron chi connectivity index (χ2n) is 3.04. The summed E-state index contributed by atoms with van der Waals surface area (Å²) in [7, 11) is 0. The van der Waals surface area contributed by atoms with Crippen molar-refractivity contribution in [1.82, 2.24) is 5.32 Å². The molecule has 2 N–H and O–H groups in total. The van der Waals surface area contributed by atoms with Crippen LogP contribution in [-0.2, 0) is 4.74 Å². The fourth-order valence-electron chi connectivity index (χ4n) is 1.22. The molecule has 11 heavy (non-hydrogen) atoms. The highest BCUT2D eigenvalue weighted by molar-refractivity contribution is 5.70. The van der Waals surface area contributed by atoms with Crippen LogP contribution < -0.4 is 5.32 Å². The van der Waals surface area contributed by atoms with E-state index in [1.54, 1.807) is 0 Å². The summed E-state index contributed by atoms with van der Waals surface area (Å²) in [6.07, 6.45) is -0.801. The minimum atomic E-state index is -0.428. The van der Waals surface area contributed by atoms with Crippen LogP contribution in [0, 0.1) is 5.92 Å². The number of carbonyl (C=O) groups is 1. The third-order valence-corrected chi connectivity index (χ3v) is 1.84. The minimum absolute atomic E-state index is 0.0486. The lowest BCUT2D eigenvalue weighted by Gasteiger charge is -2.17. The number of amides is 1. The lowest BCUT2D eigenvalue weighted by Crippen LogP contribution is -2.38. The molecule has 1 fully saturated rings. The van der Waals surface area contributed by atoms with Crippen LogP contribution in [0.15, 0.2) is 0 Å². The van der Waals surface area contributed by atoms with Gasteiger partial charge in [-0.25, -0.2) is 4.79 Å². The van der Waals surface area contributed by atoms with Crippen molar-refractivity contribution in [3.8, 4) is 0 Å². The lowest BCUT2D eigenvalue weighted by atomic mass is 10.0. The fraction of sp³-hybridized carbons (Fsp3) is 0.857. The van der Waals surface area contributed by atoms with Crippen molar-refractivity contribution < 1.29 is 14.6 Å². The van der Waals surface area contributed by atoms with Gasteiger partial charge in [0.2, 0.25) is 0 Å². The maximum atomic E-state index is 10.7. The molecule has 0 bridgehead atoms. The zero-order chi connectivity index (χ0) is 8.43. The van der Waals surface area contributed by atoms with Crippen molar-refractivity contribution >= 4 is 6.09 Å². The molecule has 0 radical (unpaired) electrons. The van der Waals surface area contributed by atoms with Gasteiger partial charge in [0.25, 0.3) is 0 Å². The molecule has 1 rings (SSSR count). The van der Waals surface area contributed by atoms with Crippen LogP contribution >= 0.6 is 0 Å². The molecule has 0 saturated carbocycles. The van der Waals surface area contributed by atoms with E-state index >= 15 is 0 Å². The highest BCUT2D eigenvalue weighted by atomic mass is 16.6. The predicted octanol–water partition coefficient (Wildman–Crippen LogP) is 0.112. The Balaban J connectivity index is 2.57. The first kappa shape index (κ1) is 8.33. The van der Waals surface area contributed by atoms with Crippen molar-refractivity contribution in [2.75, 3.05) is 6.61 Å². The van der Waals surface area contributed by atoms with Crippen molar-refractivity contribution in [3.63, 3.8) is 0 Å². The minimum Gasteiger partial charge on any atom is -0.442 e. The normalized spacial score (nSPS) is 30.4. The van der Waals surface area contributed by atoms with Crippen LogP contribution in [0.3, 0.4) is 0 Å². The SMILES string of the molecule is CC(C)[C@H]1NC(=O)O[C@H]1CO. The third-order valence-electron chi connectivity index (χ3n) is 1.84. The Kier molecular flexibility index (Phi) is 2.34. The van der Waals surface area contributed by atoms with E-state index in [4.69, 9.17) is 9.84 Å². The van der Waals surface area contributed by atoms with E-state index in [0.29, 0.717) is 5.92 Å². The molecule has 4 nitrogen and oxygen atoms in total. The highest BCUT2D eigenvalue weighted by Gasteiger charge is 2.35. The van der Waals surface area contributed by atoms with Crippen LogP contribution in [0.25, 0.3) is 0 Å². The number of alkyl carbamates (subject to hydrolysis) is 1. The van der Waals surface area contributed by atoms with E-state index in [1.807, 2.05) is 13.8 Å². The van der Waals surface area contributed by atoms with Crippen LogP contribution in [0.5, 0.6) is 0 Å². The standard InChI is InChI=1S/C7H13NO3/c1-4(2)6-5(3-9)11-7(10)8-6/h4-6,9H,3H2,1-2H3,(H,8,10)/t5-,6+/m0/s1. The summed E-state index contributed by atoms with van der Waals surface area (Å²) in [4.78, 5) is 10.7. The van der Waals surface area contributed by atoms with E-state index in [1.165, 1.54) is 0 Å². The Morgan fingerprint density at radius 1 is 1.73 bits per heavy atom. The summed E-state index contributed by atoms with van der Waals surface area (Å²) in [6, 6.07) is -0.0486. The Morgan fingerprint density at radius 2 is 2.36 bits per heavy atom. The summed E-state index contributed by atoms with van der Waals surface area (Å²) in [5.74, 6) is 0.290. The second kappa shape index (κ2) is 3.09. The summed E-state index contributed by atoms with van der Waals surface area (Å²) in [5.41, 5.74) is 0. The van der Waals surface area contributed by atoms with Gasteiger partial charge in [-0.2, -0.15) is 0 Å². The van der Waals surface area contributed by atoms with E-state index in [2.05, 4.69) is 5.32 Å². The smallest absolute Gasteiger partial charge is 0.407 e. The van der Waals surface area contributed by atoms with E-state index in [0.717, 1.165) is 0 Å². The Labute approximate surface area is 65.5 Å². The molecule has 0 spiro atoms. The van der Waals surface area contributed by atoms with Crippen molar-refractivity contribution in [1.29, 1.82) is 0 Å². The fourth-order valence-corrected chi connectivity index (χ4v) is 1.22. The summed E-state index contributed by atoms with van der Waals surface area (Å²) >= 11 is 0. The average molecular weight is 159 g/mol. The molecule has 1 saturated heterocycles. The monoisotopic (exact) mass is 159 g/mol. The van der Waals surface area contributed by atoms with Gasteiger partial charge in [-0.15, -0.1) is 0 Å².